The molecule has 0 saturated carbocycles. The number of carbonyl (C=O) groups excluding carboxylic acids is 1. The van der Waals surface area contributed by atoms with E-state index in [0.717, 1.165) is 5.52 Å². The zero-order chi connectivity index (χ0) is 22.9. The number of nitrogens with zero attached hydrogens (tertiary/aromatic N) is 3. The number of aromatic amines is 2. The van der Waals surface area contributed by atoms with Crippen molar-refractivity contribution in [2.24, 2.45) is 0 Å². The lowest BCUT2D eigenvalue weighted by atomic mass is 10.0. The minimum atomic E-state index is -0.435. The molecule has 2 amide bonds. The second-order valence-corrected chi connectivity index (χ2v) is 7.97. The Hall–Kier alpha value is -4.34. The normalized spacial score (nSPS) is 14.5. The molecule has 10 heteroatoms. The summed E-state index contributed by atoms with van der Waals surface area (Å²) >= 11 is 0. The lowest BCUT2D eigenvalue weighted by molar-refractivity contribution is 0.184. The average molecular weight is 446 g/mol. The average Bonchev–Trinajstić information content (AvgIpc) is 3.16. The molecule has 1 fully saturated rings. The number of hydrogen-bond donors (Lipinski definition) is 4. The summed E-state index contributed by atoms with van der Waals surface area (Å²) in [7, 11) is 0. The molecule has 1 aromatic carbocycles. The fraction of sp³-hybridized carbons (Fsp3) is 0.217. The number of urea groups is 1. The maximum Gasteiger partial charge on any atom is 0.327 e. The molecule has 0 bridgehead atoms. The second kappa shape index (κ2) is 8.30. The Morgan fingerprint density at radius 2 is 1.91 bits per heavy atom. The summed E-state index contributed by atoms with van der Waals surface area (Å²) in [4.78, 5) is 48.7. The fourth-order valence-electron chi connectivity index (χ4n) is 4.29. The number of piperidine rings is 1. The Bertz CT molecular complexity index is 1450. The van der Waals surface area contributed by atoms with Gasteiger partial charge in [0.15, 0.2) is 5.65 Å². The highest BCUT2D eigenvalue weighted by atomic mass is 16.3. The summed E-state index contributed by atoms with van der Waals surface area (Å²) in [5.74, 6) is 0.0756. The van der Waals surface area contributed by atoms with Gasteiger partial charge in [0.05, 0.1) is 5.52 Å². The number of carbonyl (C=O) groups is 1. The number of fused-ring (bicyclic) bond motifs is 1. The predicted octanol–water partition coefficient (Wildman–Crippen LogP) is 2.65. The van der Waals surface area contributed by atoms with E-state index in [4.69, 9.17) is 0 Å². The van der Waals surface area contributed by atoms with Crippen molar-refractivity contribution in [2.75, 3.05) is 18.4 Å². The van der Waals surface area contributed by atoms with Crippen LogP contribution < -0.4 is 16.6 Å². The number of benzene rings is 1. The smallest absolute Gasteiger partial charge is 0.327 e. The summed E-state index contributed by atoms with van der Waals surface area (Å²) < 4.78 is 1.71. The quantitative estimate of drug-likeness (QED) is 0.384. The molecule has 0 spiro atoms. The summed E-state index contributed by atoms with van der Waals surface area (Å²) in [6.45, 7) is 0.875. The molecule has 4 N–H and O–H groups in total. The maximum absolute atomic E-state index is 12.8. The Morgan fingerprint density at radius 3 is 2.70 bits per heavy atom. The van der Waals surface area contributed by atoms with Crippen LogP contribution in [0.1, 0.15) is 18.9 Å². The molecular formula is C23H22N6O4. The van der Waals surface area contributed by atoms with Gasteiger partial charge < -0.3 is 20.3 Å². The van der Waals surface area contributed by atoms with Gasteiger partial charge in [0.1, 0.15) is 11.4 Å². The van der Waals surface area contributed by atoms with Gasteiger partial charge in [-0.1, -0.05) is 18.2 Å². The number of imidazole rings is 1. The van der Waals surface area contributed by atoms with Gasteiger partial charge in [0.2, 0.25) is 0 Å². The highest BCUT2D eigenvalue weighted by Crippen LogP contribution is 2.29. The topological polar surface area (TPSA) is 136 Å². The standard InChI is InChI=1S/C23H22N6O4/c30-19-6-2-1-4-16(19)14-12-17(21(31)25-13-14)26-22(32)28-10-7-15(8-11-28)29-18-5-3-9-24-20(18)27-23(29)33/h1-6,9,12-13,15,30H,7-8,10-11H2,(H,25,31)(H,26,32)(H,24,27,33). The second-order valence-electron chi connectivity index (χ2n) is 7.97. The van der Waals surface area contributed by atoms with Crippen LogP contribution in [0.15, 0.2) is 64.4 Å². The van der Waals surface area contributed by atoms with E-state index in [1.165, 1.54) is 12.3 Å². The number of aromatic nitrogens is 4. The van der Waals surface area contributed by atoms with Crippen molar-refractivity contribution in [3.05, 3.63) is 75.7 Å². The molecule has 4 aromatic rings. The van der Waals surface area contributed by atoms with Crippen LogP contribution in [0.4, 0.5) is 10.5 Å². The molecule has 1 aliphatic rings. The number of aromatic hydroxyl groups is 1. The molecule has 3 aromatic heterocycles. The summed E-state index contributed by atoms with van der Waals surface area (Å²) in [6, 6.07) is 11.5. The van der Waals surface area contributed by atoms with E-state index in [1.54, 1.807) is 46.0 Å². The largest absolute Gasteiger partial charge is 0.507 e. The molecule has 0 unspecified atom stereocenters. The third kappa shape index (κ3) is 3.86. The van der Waals surface area contributed by atoms with E-state index in [9.17, 15) is 19.5 Å². The molecule has 10 nitrogen and oxygen atoms in total. The van der Waals surface area contributed by atoms with Gasteiger partial charge in [-0.3, -0.25) is 14.3 Å². The fourth-order valence-corrected chi connectivity index (χ4v) is 4.29. The van der Waals surface area contributed by atoms with E-state index < -0.39 is 5.56 Å². The van der Waals surface area contributed by atoms with Crippen LogP contribution in [-0.2, 0) is 0 Å². The number of nitrogens with one attached hydrogen (secondary N) is 3. The maximum atomic E-state index is 12.8. The van der Waals surface area contributed by atoms with E-state index in [2.05, 4.69) is 20.3 Å². The summed E-state index contributed by atoms with van der Waals surface area (Å²) in [6.07, 6.45) is 4.32. The molecule has 4 heterocycles. The first-order valence-electron chi connectivity index (χ1n) is 10.6. The zero-order valence-electron chi connectivity index (χ0n) is 17.6. The van der Waals surface area contributed by atoms with Crippen LogP contribution in [0.2, 0.25) is 0 Å². The van der Waals surface area contributed by atoms with Crippen molar-refractivity contribution >= 4 is 22.9 Å². The van der Waals surface area contributed by atoms with Gasteiger partial charge in [0.25, 0.3) is 5.56 Å². The number of para-hydroxylation sites is 1. The van der Waals surface area contributed by atoms with E-state index in [0.29, 0.717) is 42.7 Å². The lowest BCUT2D eigenvalue weighted by Crippen LogP contribution is -2.43. The van der Waals surface area contributed by atoms with Gasteiger partial charge in [-0.05, 0) is 37.1 Å². The first kappa shape index (κ1) is 20.6. The third-order valence-corrected chi connectivity index (χ3v) is 5.97. The Morgan fingerprint density at radius 1 is 1.12 bits per heavy atom. The molecule has 168 valence electrons. The summed E-state index contributed by atoms with van der Waals surface area (Å²) in [5, 5.41) is 12.8. The Labute approximate surface area is 187 Å². The van der Waals surface area contributed by atoms with Crippen molar-refractivity contribution in [1.29, 1.82) is 0 Å². The van der Waals surface area contributed by atoms with E-state index >= 15 is 0 Å². The highest BCUT2D eigenvalue weighted by molar-refractivity contribution is 5.90. The van der Waals surface area contributed by atoms with Crippen molar-refractivity contribution in [1.82, 2.24) is 24.4 Å². The minimum Gasteiger partial charge on any atom is -0.507 e. The van der Waals surface area contributed by atoms with Crippen molar-refractivity contribution in [3.63, 3.8) is 0 Å². The number of pyridine rings is 2. The molecule has 0 aliphatic carbocycles. The lowest BCUT2D eigenvalue weighted by Gasteiger charge is -2.32. The Kier molecular flexibility index (Phi) is 5.17. The number of amides is 2. The molecule has 1 saturated heterocycles. The van der Waals surface area contributed by atoms with E-state index in [1.807, 2.05) is 6.07 Å². The van der Waals surface area contributed by atoms with Gasteiger partial charge in [-0.15, -0.1) is 0 Å². The number of phenols is 1. The molecule has 1 aliphatic heterocycles. The van der Waals surface area contributed by atoms with Crippen molar-refractivity contribution < 1.29 is 9.90 Å². The van der Waals surface area contributed by atoms with Crippen LogP contribution in [-0.4, -0.2) is 48.6 Å². The molecule has 5 rings (SSSR count). The van der Waals surface area contributed by atoms with Crippen LogP contribution in [0, 0.1) is 0 Å². The first-order chi connectivity index (χ1) is 16.0. The van der Waals surface area contributed by atoms with Crippen LogP contribution >= 0.6 is 0 Å². The monoisotopic (exact) mass is 446 g/mol. The van der Waals surface area contributed by atoms with Gasteiger partial charge in [-0.2, -0.15) is 0 Å². The van der Waals surface area contributed by atoms with Gasteiger partial charge in [0, 0.05) is 42.7 Å². The van der Waals surface area contributed by atoms with Gasteiger partial charge >= 0.3 is 11.7 Å². The number of H-pyrrole nitrogens is 2. The molecule has 33 heavy (non-hydrogen) atoms. The van der Waals surface area contributed by atoms with Crippen LogP contribution in [0.25, 0.3) is 22.3 Å². The third-order valence-electron chi connectivity index (χ3n) is 5.97. The van der Waals surface area contributed by atoms with E-state index in [-0.39, 0.29) is 29.2 Å². The van der Waals surface area contributed by atoms with Crippen molar-refractivity contribution in [2.45, 2.75) is 18.9 Å². The Balaban J connectivity index is 1.30. The van der Waals surface area contributed by atoms with Crippen LogP contribution in [0.5, 0.6) is 5.75 Å². The van der Waals surface area contributed by atoms with Crippen molar-refractivity contribution in [3.8, 4) is 16.9 Å². The number of phenolic OH excluding ortho intramolecular Hbond substituents is 1. The SMILES string of the molecule is O=C(Nc1cc(-c2ccccc2O)c[nH]c1=O)N1CCC(n2c(=O)[nH]c3ncccc32)CC1. The highest BCUT2D eigenvalue weighted by Gasteiger charge is 2.26. The number of rotatable bonds is 3. The predicted molar refractivity (Wildman–Crippen MR) is 123 cm³/mol. The van der Waals surface area contributed by atoms with Crippen LogP contribution in [0.3, 0.4) is 0 Å². The molecule has 0 radical (unpaired) electrons. The number of hydrogen-bond acceptors (Lipinski definition) is 5. The zero-order valence-corrected chi connectivity index (χ0v) is 17.6. The van der Waals surface area contributed by atoms with Gasteiger partial charge in [-0.25, -0.2) is 14.6 Å². The first-order valence-corrected chi connectivity index (χ1v) is 10.6. The summed E-state index contributed by atoms with van der Waals surface area (Å²) in [5.41, 5.74) is 1.87. The number of anilines is 1. The minimum absolute atomic E-state index is 0.0488. The molecular weight excluding hydrogens is 424 g/mol. The number of likely N-dealkylation sites (tertiary alicyclic amines) is 1. The molecule has 0 atom stereocenters.